The van der Waals surface area contributed by atoms with Gasteiger partial charge < -0.3 is 30.9 Å². The van der Waals surface area contributed by atoms with Crippen LogP contribution in [0.15, 0.2) is 59.5 Å². The molecule has 12 heteroatoms. The monoisotopic (exact) mass is 690 g/mol. The summed E-state index contributed by atoms with van der Waals surface area (Å²) in [5, 5.41) is 7.00. The largest absolute Gasteiger partial charge is 0.494 e. The Morgan fingerprint density at radius 3 is 2.37 bits per heavy atom. The maximum Gasteiger partial charge on any atom is 0.257 e. The Morgan fingerprint density at radius 2 is 1.69 bits per heavy atom. The third-order valence-electron chi connectivity index (χ3n) is 11.7. The number of carbonyl (C=O) groups excluding carboxylic acids is 2. The number of amides is 2. The highest BCUT2D eigenvalue weighted by Crippen LogP contribution is 2.61. The number of ether oxygens (including phenoxy) is 1. The molecule has 0 spiro atoms. The summed E-state index contributed by atoms with van der Waals surface area (Å²) in [7, 11) is 1.63. The molecular formula is C39H46N8O4. The van der Waals surface area contributed by atoms with Crippen LogP contribution in [-0.2, 0) is 9.59 Å². The first-order valence-electron chi connectivity index (χ1n) is 18.1. The number of nitrogens with zero attached hydrogens (tertiary/aromatic N) is 5. The van der Waals surface area contributed by atoms with Crippen molar-refractivity contribution in [2.24, 2.45) is 28.9 Å². The predicted molar refractivity (Wildman–Crippen MR) is 198 cm³/mol. The summed E-state index contributed by atoms with van der Waals surface area (Å²) in [5.74, 6) is 3.37. The summed E-state index contributed by atoms with van der Waals surface area (Å²) in [6, 6.07) is 14.7. The summed E-state index contributed by atoms with van der Waals surface area (Å²) in [6.45, 7) is 4.82. The summed E-state index contributed by atoms with van der Waals surface area (Å²) >= 11 is 0. The number of benzene rings is 2. The molecule has 0 radical (unpaired) electrons. The highest BCUT2D eigenvalue weighted by Gasteiger charge is 2.51. The lowest BCUT2D eigenvalue weighted by Gasteiger charge is -2.57. The molecule has 12 nitrogen and oxygen atoms in total. The number of nitrogens with one attached hydrogen (secondary N) is 2. The molecular weight excluding hydrogens is 644 g/mol. The zero-order chi connectivity index (χ0) is 35.3. The standard InChI is InChI=1S/C39H46N8O4/c1-24-12-35(49)47(30-5-3-4-28(16-30)41-23-34(40)48)37-31(24)22-42-38(44-37)43-32-7-6-29(17-33(32)51-2)45-8-10-46(11-9-45)36(50)21-39-18-25-13-26(19-39)15-27(14-25)20-39/h3-7,12,16-17,22,25-27,41H,8-11,13-15,18-21,23H2,1-2H3,(H2,40,48)(H,42,43,44). The van der Waals surface area contributed by atoms with Crippen LogP contribution in [-0.4, -0.2) is 71.1 Å². The lowest BCUT2D eigenvalue weighted by Crippen LogP contribution is -2.52. The second-order valence-electron chi connectivity index (χ2n) is 15.3. The fraction of sp³-hybridized carbons (Fsp3) is 0.462. The first kappa shape index (κ1) is 33.0. The van der Waals surface area contributed by atoms with Crippen LogP contribution < -0.4 is 31.6 Å². The normalized spacial score (nSPS) is 23.8. The van der Waals surface area contributed by atoms with Crippen molar-refractivity contribution in [3.8, 4) is 11.4 Å². The smallest absolute Gasteiger partial charge is 0.257 e. The van der Waals surface area contributed by atoms with E-state index in [2.05, 4.69) is 25.4 Å². The number of primary amides is 1. The molecule has 4 aliphatic carbocycles. The molecule has 9 rings (SSSR count). The Labute approximate surface area is 297 Å². The van der Waals surface area contributed by atoms with Crippen LogP contribution in [0.1, 0.15) is 50.5 Å². The number of nitrogens with two attached hydrogens (primary N) is 1. The highest BCUT2D eigenvalue weighted by atomic mass is 16.5. The maximum absolute atomic E-state index is 13.6. The van der Waals surface area contributed by atoms with Gasteiger partial charge in [0.25, 0.3) is 5.56 Å². The van der Waals surface area contributed by atoms with Crippen LogP contribution in [0.2, 0.25) is 0 Å². The van der Waals surface area contributed by atoms with Gasteiger partial charge >= 0.3 is 0 Å². The van der Waals surface area contributed by atoms with Gasteiger partial charge in [-0.25, -0.2) is 4.98 Å². The van der Waals surface area contributed by atoms with E-state index in [-0.39, 0.29) is 17.5 Å². The molecule has 5 aliphatic rings. The molecule has 4 N–H and O–H groups in total. The number of aromatic nitrogens is 3. The van der Waals surface area contributed by atoms with Crippen molar-refractivity contribution in [3.05, 3.63) is 70.6 Å². The number of methoxy groups -OCH3 is 1. The van der Waals surface area contributed by atoms with Gasteiger partial charge in [0.15, 0.2) is 5.65 Å². The Morgan fingerprint density at radius 1 is 0.961 bits per heavy atom. The number of hydrogen-bond donors (Lipinski definition) is 3. The Balaban J connectivity index is 0.968. The lowest BCUT2D eigenvalue weighted by molar-refractivity contribution is -0.139. The van der Waals surface area contributed by atoms with E-state index in [0.29, 0.717) is 40.3 Å². The van der Waals surface area contributed by atoms with Gasteiger partial charge in [0.1, 0.15) is 5.75 Å². The van der Waals surface area contributed by atoms with E-state index in [9.17, 15) is 14.4 Å². The summed E-state index contributed by atoms with van der Waals surface area (Å²) < 4.78 is 7.34. The van der Waals surface area contributed by atoms with Crippen molar-refractivity contribution in [1.29, 1.82) is 0 Å². The number of piperazine rings is 1. The molecule has 4 bridgehead atoms. The van der Waals surface area contributed by atoms with Crippen molar-refractivity contribution in [2.45, 2.75) is 51.9 Å². The minimum absolute atomic E-state index is 0.0265. The topological polar surface area (TPSA) is 148 Å². The Hall–Kier alpha value is -5.13. The van der Waals surface area contributed by atoms with Gasteiger partial charge in [0.2, 0.25) is 17.8 Å². The van der Waals surface area contributed by atoms with Gasteiger partial charge in [0.05, 0.1) is 25.0 Å². The van der Waals surface area contributed by atoms with Crippen LogP contribution in [0.25, 0.3) is 16.7 Å². The van der Waals surface area contributed by atoms with Gasteiger partial charge in [-0.15, -0.1) is 0 Å². The van der Waals surface area contributed by atoms with Crippen molar-refractivity contribution < 1.29 is 14.3 Å². The minimum Gasteiger partial charge on any atom is -0.494 e. The molecule has 5 fully saturated rings. The number of rotatable bonds is 10. The molecule has 1 saturated heterocycles. The van der Waals surface area contributed by atoms with E-state index in [1.165, 1.54) is 43.1 Å². The second-order valence-corrected chi connectivity index (χ2v) is 15.3. The SMILES string of the molecule is COc1cc(N2CCN(C(=O)CC34CC5CC(CC(C5)C3)C4)CC2)ccc1Nc1ncc2c(C)cc(=O)n(-c3cccc(NCC(N)=O)c3)c2n1. The minimum atomic E-state index is -0.484. The number of aryl methyl sites for hydroxylation is 1. The average Bonchev–Trinajstić information content (AvgIpc) is 3.10. The number of carbonyl (C=O) groups is 2. The molecule has 2 amide bonds. The van der Waals surface area contributed by atoms with Gasteiger partial charge in [0, 0.05) is 67.7 Å². The molecule has 0 atom stereocenters. The molecule has 4 aromatic rings. The fourth-order valence-electron chi connectivity index (χ4n) is 9.76. The maximum atomic E-state index is 13.6. The number of fused-ring (bicyclic) bond motifs is 1. The second kappa shape index (κ2) is 13.2. The molecule has 2 aromatic heterocycles. The van der Waals surface area contributed by atoms with Crippen LogP contribution in [0.4, 0.5) is 23.0 Å². The molecule has 0 unspecified atom stereocenters. The van der Waals surface area contributed by atoms with E-state index in [1.54, 1.807) is 37.6 Å². The van der Waals surface area contributed by atoms with Gasteiger partial charge in [-0.3, -0.25) is 19.0 Å². The van der Waals surface area contributed by atoms with E-state index >= 15 is 0 Å². The average molecular weight is 691 g/mol. The number of hydrogen-bond acceptors (Lipinski definition) is 9. The predicted octanol–water partition coefficient (Wildman–Crippen LogP) is 4.99. The van der Waals surface area contributed by atoms with Crippen molar-refractivity contribution in [2.75, 3.05) is 55.4 Å². The van der Waals surface area contributed by atoms with Crippen molar-refractivity contribution in [1.82, 2.24) is 19.4 Å². The fourth-order valence-corrected chi connectivity index (χ4v) is 9.76. The van der Waals surface area contributed by atoms with E-state index in [1.807, 2.05) is 31.2 Å². The van der Waals surface area contributed by atoms with Crippen molar-refractivity contribution >= 4 is 45.9 Å². The van der Waals surface area contributed by atoms with Gasteiger partial charge in [-0.2, -0.15) is 4.98 Å². The van der Waals surface area contributed by atoms with E-state index < -0.39 is 5.91 Å². The first-order chi connectivity index (χ1) is 24.6. The Bertz CT molecular complexity index is 2020. The molecule has 1 aliphatic heterocycles. The zero-order valence-electron chi connectivity index (χ0n) is 29.4. The van der Waals surface area contributed by atoms with Gasteiger partial charge in [-0.05, 0) is 105 Å². The summed E-state index contributed by atoms with van der Waals surface area (Å²) in [4.78, 5) is 52.0. The third-order valence-corrected chi connectivity index (χ3v) is 11.7. The summed E-state index contributed by atoms with van der Waals surface area (Å²) in [5.41, 5.74) is 9.47. The number of pyridine rings is 1. The first-order valence-corrected chi connectivity index (χ1v) is 18.1. The van der Waals surface area contributed by atoms with Crippen LogP contribution in [0.3, 0.4) is 0 Å². The number of anilines is 4. The van der Waals surface area contributed by atoms with Crippen LogP contribution >= 0.6 is 0 Å². The quantitative estimate of drug-likeness (QED) is 0.209. The molecule has 51 heavy (non-hydrogen) atoms. The Kier molecular flexibility index (Phi) is 8.55. The third kappa shape index (κ3) is 6.59. The lowest BCUT2D eigenvalue weighted by atomic mass is 9.49. The van der Waals surface area contributed by atoms with Crippen LogP contribution in [0.5, 0.6) is 5.75 Å². The van der Waals surface area contributed by atoms with E-state index in [4.69, 9.17) is 15.5 Å². The molecule has 266 valence electrons. The van der Waals surface area contributed by atoms with E-state index in [0.717, 1.165) is 67.0 Å². The van der Waals surface area contributed by atoms with Crippen LogP contribution in [0, 0.1) is 30.1 Å². The van der Waals surface area contributed by atoms with Crippen molar-refractivity contribution in [3.63, 3.8) is 0 Å². The summed E-state index contributed by atoms with van der Waals surface area (Å²) in [6.07, 6.45) is 10.4. The zero-order valence-corrected chi connectivity index (χ0v) is 29.4. The molecule has 3 heterocycles. The van der Waals surface area contributed by atoms with Gasteiger partial charge in [-0.1, -0.05) is 6.07 Å². The molecule has 2 aromatic carbocycles. The highest BCUT2D eigenvalue weighted by molar-refractivity contribution is 5.82. The molecule has 4 saturated carbocycles.